The third-order valence-electron chi connectivity index (χ3n) is 3.21. The molecule has 0 amide bonds. The van der Waals surface area contributed by atoms with Gasteiger partial charge in [-0.05, 0) is 23.8 Å². The number of cyclic esters (lactones) is 1. The molecule has 0 saturated carbocycles. The summed E-state index contributed by atoms with van der Waals surface area (Å²) in [6, 6.07) is 6.93. The smallest absolute Gasteiger partial charge is 0.377 e. The lowest BCUT2D eigenvalue weighted by atomic mass is 10.2. The molecule has 0 fully saturated rings. The zero-order valence-corrected chi connectivity index (χ0v) is 12.7. The first-order valence-corrected chi connectivity index (χ1v) is 6.92. The highest BCUT2D eigenvalue weighted by Gasteiger charge is 2.39. The number of carbonyl (C=O) groups excluding carboxylic acids is 2. The minimum atomic E-state index is -1.50. The fourth-order valence-electron chi connectivity index (χ4n) is 1.91. The van der Waals surface area contributed by atoms with Gasteiger partial charge in [0.05, 0.1) is 7.11 Å². The Balaban J connectivity index is 1.84. The van der Waals surface area contributed by atoms with E-state index in [9.17, 15) is 19.8 Å². The topological polar surface area (TPSA) is 123 Å². The molecule has 1 heterocycles. The molecule has 8 heteroatoms. The molecule has 1 aromatic carbocycles. The second-order valence-corrected chi connectivity index (χ2v) is 4.86. The Hall–Kier alpha value is -3.00. The molecule has 3 N–H and O–H groups in total. The van der Waals surface area contributed by atoms with Crippen molar-refractivity contribution in [1.82, 2.24) is 0 Å². The molecular weight excluding hydrogens is 320 g/mol. The molecule has 128 valence electrons. The molecule has 8 nitrogen and oxygen atoms in total. The van der Waals surface area contributed by atoms with Gasteiger partial charge in [0.25, 0.3) is 0 Å². The predicted octanol–water partition coefficient (Wildman–Crippen LogP) is 0.865. The van der Waals surface area contributed by atoms with E-state index in [1.807, 2.05) is 0 Å². The third-order valence-corrected chi connectivity index (χ3v) is 3.21. The molecule has 2 atom stereocenters. The normalized spacial score (nSPS) is 18.6. The molecule has 0 saturated heterocycles. The predicted molar refractivity (Wildman–Crippen MR) is 81.2 cm³/mol. The van der Waals surface area contributed by atoms with Gasteiger partial charge in [-0.1, -0.05) is 12.1 Å². The molecule has 1 aliphatic heterocycles. The lowest BCUT2D eigenvalue weighted by Gasteiger charge is -2.16. The van der Waals surface area contributed by atoms with E-state index in [0.29, 0.717) is 5.75 Å². The van der Waals surface area contributed by atoms with Crippen LogP contribution in [0.1, 0.15) is 5.56 Å². The van der Waals surface area contributed by atoms with Crippen molar-refractivity contribution >= 4 is 18.0 Å². The maximum absolute atomic E-state index is 11.6. The van der Waals surface area contributed by atoms with Crippen LogP contribution in [0.4, 0.5) is 0 Å². The van der Waals surface area contributed by atoms with E-state index in [1.54, 1.807) is 31.4 Å². The first kappa shape index (κ1) is 17.4. The molecular formula is C16H16O8. The average molecular weight is 336 g/mol. The molecule has 0 aromatic heterocycles. The van der Waals surface area contributed by atoms with Crippen LogP contribution in [0, 0.1) is 0 Å². The molecule has 0 aliphatic carbocycles. The van der Waals surface area contributed by atoms with Gasteiger partial charge in [-0.3, -0.25) is 0 Å². The first-order valence-electron chi connectivity index (χ1n) is 6.92. The van der Waals surface area contributed by atoms with Crippen LogP contribution in [-0.2, 0) is 19.1 Å². The molecule has 0 bridgehead atoms. The summed E-state index contributed by atoms with van der Waals surface area (Å²) in [6.45, 7) is -0.527. The maximum Gasteiger partial charge on any atom is 0.377 e. The largest absolute Gasteiger partial charge is 0.505 e. The highest BCUT2D eigenvalue weighted by atomic mass is 16.6. The van der Waals surface area contributed by atoms with E-state index in [2.05, 4.69) is 4.74 Å². The van der Waals surface area contributed by atoms with Crippen LogP contribution in [-0.4, -0.2) is 53.2 Å². The van der Waals surface area contributed by atoms with Crippen LogP contribution in [0.15, 0.2) is 41.9 Å². The van der Waals surface area contributed by atoms with Crippen molar-refractivity contribution in [3.63, 3.8) is 0 Å². The Labute approximate surface area is 137 Å². The molecule has 0 spiro atoms. The minimum Gasteiger partial charge on any atom is -0.505 e. The molecule has 1 aliphatic rings. The number of rotatable bonds is 6. The number of aliphatic hydroxyl groups excluding tert-OH is 3. The summed E-state index contributed by atoms with van der Waals surface area (Å²) in [7, 11) is 1.54. The SMILES string of the molecule is COc1ccc(/C=C/C(=O)OC[C@@H](O)[C@H]2OC(=O)C(O)=C2O)cc1. The quantitative estimate of drug-likeness (QED) is 0.516. The molecule has 1 aromatic rings. The molecule has 0 radical (unpaired) electrons. The molecule has 2 rings (SSSR count). The summed E-state index contributed by atoms with van der Waals surface area (Å²) in [6.07, 6.45) is -0.303. The Morgan fingerprint density at radius 2 is 2.00 bits per heavy atom. The van der Waals surface area contributed by atoms with E-state index in [4.69, 9.17) is 14.6 Å². The van der Waals surface area contributed by atoms with Gasteiger partial charge in [0.1, 0.15) is 18.5 Å². The number of hydrogen-bond acceptors (Lipinski definition) is 8. The van der Waals surface area contributed by atoms with E-state index < -0.39 is 42.3 Å². The fraction of sp³-hybridized carbons (Fsp3) is 0.250. The van der Waals surface area contributed by atoms with Gasteiger partial charge < -0.3 is 29.5 Å². The van der Waals surface area contributed by atoms with Crippen LogP contribution in [0.2, 0.25) is 0 Å². The summed E-state index contributed by atoms with van der Waals surface area (Å²) in [5.74, 6) is -2.97. The van der Waals surface area contributed by atoms with Crippen LogP contribution >= 0.6 is 0 Å². The number of esters is 2. The summed E-state index contributed by atoms with van der Waals surface area (Å²) in [4.78, 5) is 22.6. The van der Waals surface area contributed by atoms with Crippen molar-refractivity contribution in [2.24, 2.45) is 0 Å². The second-order valence-electron chi connectivity index (χ2n) is 4.86. The average Bonchev–Trinajstić information content (AvgIpc) is 2.85. The second kappa shape index (κ2) is 7.51. The Bertz CT molecular complexity index is 674. The lowest BCUT2D eigenvalue weighted by molar-refractivity contribution is -0.151. The number of carbonyl (C=O) groups is 2. The molecule has 0 unspecified atom stereocenters. The number of ether oxygens (including phenoxy) is 3. The number of aliphatic hydroxyl groups is 3. The zero-order chi connectivity index (χ0) is 17.7. The minimum absolute atomic E-state index is 0.527. The Kier molecular flexibility index (Phi) is 5.43. The van der Waals surface area contributed by atoms with Crippen molar-refractivity contribution in [2.45, 2.75) is 12.2 Å². The van der Waals surface area contributed by atoms with Gasteiger partial charge >= 0.3 is 11.9 Å². The Morgan fingerprint density at radius 1 is 1.33 bits per heavy atom. The van der Waals surface area contributed by atoms with E-state index in [-0.39, 0.29) is 0 Å². The van der Waals surface area contributed by atoms with Crippen LogP contribution in [0.3, 0.4) is 0 Å². The van der Waals surface area contributed by atoms with Gasteiger partial charge in [0.15, 0.2) is 11.9 Å². The van der Waals surface area contributed by atoms with E-state index in [0.717, 1.165) is 11.6 Å². The number of benzene rings is 1. The monoisotopic (exact) mass is 336 g/mol. The number of hydrogen-bond donors (Lipinski definition) is 3. The highest BCUT2D eigenvalue weighted by Crippen LogP contribution is 2.21. The fourth-order valence-corrected chi connectivity index (χ4v) is 1.91. The Morgan fingerprint density at radius 3 is 2.54 bits per heavy atom. The summed E-state index contributed by atoms with van der Waals surface area (Å²) in [5.41, 5.74) is 0.739. The van der Waals surface area contributed by atoms with Crippen LogP contribution in [0.5, 0.6) is 5.75 Å². The lowest BCUT2D eigenvalue weighted by Crippen LogP contribution is -2.33. The van der Waals surface area contributed by atoms with E-state index >= 15 is 0 Å². The maximum atomic E-state index is 11.6. The van der Waals surface area contributed by atoms with Crippen molar-refractivity contribution in [3.8, 4) is 5.75 Å². The summed E-state index contributed by atoms with van der Waals surface area (Å²) in [5, 5.41) is 28.3. The first-order chi connectivity index (χ1) is 11.4. The van der Waals surface area contributed by atoms with Crippen molar-refractivity contribution in [3.05, 3.63) is 47.4 Å². The standard InChI is InChI=1S/C16H16O8/c1-22-10-5-2-9(3-6-10)4-7-12(18)23-8-11(17)15-13(19)14(20)16(21)24-15/h2-7,11,15,17,19-20H,8H2,1H3/b7-4+/t11-,15-/m1/s1. The van der Waals surface area contributed by atoms with Crippen LogP contribution in [0.25, 0.3) is 6.08 Å². The summed E-state index contributed by atoms with van der Waals surface area (Å²) < 4.78 is 14.4. The van der Waals surface area contributed by atoms with Gasteiger partial charge in [-0.25, -0.2) is 9.59 Å². The highest BCUT2D eigenvalue weighted by molar-refractivity contribution is 5.89. The van der Waals surface area contributed by atoms with Gasteiger partial charge in [0, 0.05) is 6.08 Å². The summed E-state index contributed by atoms with van der Waals surface area (Å²) >= 11 is 0. The van der Waals surface area contributed by atoms with Crippen LogP contribution < -0.4 is 4.74 Å². The van der Waals surface area contributed by atoms with Crippen molar-refractivity contribution < 1.29 is 39.1 Å². The van der Waals surface area contributed by atoms with Gasteiger partial charge in [0.2, 0.25) is 5.76 Å². The molecule has 24 heavy (non-hydrogen) atoms. The van der Waals surface area contributed by atoms with Gasteiger partial charge in [-0.2, -0.15) is 0 Å². The van der Waals surface area contributed by atoms with E-state index in [1.165, 1.54) is 6.08 Å². The van der Waals surface area contributed by atoms with Gasteiger partial charge in [-0.15, -0.1) is 0 Å². The van der Waals surface area contributed by atoms with Crippen molar-refractivity contribution in [1.29, 1.82) is 0 Å². The van der Waals surface area contributed by atoms with Crippen molar-refractivity contribution in [2.75, 3.05) is 13.7 Å². The third kappa shape index (κ3) is 4.05. The zero-order valence-electron chi connectivity index (χ0n) is 12.7. The number of methoxy groups -OCH3 is 1.